The van der Waals surface area contributed by atoms with E-state index in [0.29, 0.717) is 5.92 Å². The summed E-state index contributed by atoms with van der Waals surface area (Å²) in [6, 6.07) is 1.98. The van der Waals surface area contributed by atoms with Gasteiger partial charge in [0.1, 0.15) is 5.82 Å². The third-order valence-corrected chi connectivity index (χ3v) is 3.83. The highest BCUT2D eigenvalue weighted by Crippen LogP contribution is 2.46. The minimum atomic E-state index is -0.410. The molecule has 1 aliphatic carbocycles. The van der Waals surface area contributed by atoms with Crippen LogP contribution in [0.3, 0.4) is 0 Å². The van der Waals surface area contributed by atoms with Gasteiger partial charge in [-0.25, -0.2) is 4.68 Å². The zero-order valence-corrected chi connectivity index (χ0v) is 11.5. The van der Waals surface area contributed by atoms with Gasteiger partial charge in [0.25, 0.3) is 0 Å². The molecular weight excluding hydrogens is 230 g/mol. The third kappa shape index (κ3) is 2.37. The molecule has 0 spiro atoms. The molecule has 1 aromatic rings. The quantitative estimate of drug-likeness (QED) is 0.789. The molecule has 1 heterocycles. The lowest BCUT2D eigenvalue weighted by atomic mass is 9.77. The second-order valence-electron chi connectivity index (χ2n) is 4.99. The number of rotatable bonds is 6. The monoisotopic (exact) mass is 253 g/mol. The second kappa shape index (κ2) is 5.28. The van der Waals surface area contributed by atoms with E-state index in [9.17, 15) is 0 Å². The van der Waals surface area contributed by atoms with Crippen LogP contribution in [-0.2, 0) is 16.0 Å². The number of anilines is 1. The fourth-order valence-electron chi connectivity index (χ4n) is 2.46. The summed E-state index contributed by atoms with van der Waals surface area (Å²) in [6.45, 7) is 3.06. The molecule has 0 saturated heterocycles. The summed E-state index contributed by atoms with van der Waals surface area (Å²) in [5.41, 5.74) is 7.03. The van der Waals surface area contributed by atoms with E-state index in [1.165, 1.54) is 0 Å². The topological polar surface area (TPSA) is 62.3 Å². The molecule has 0 aliphatic heterocycles. The van der Waals surface area contributed by atoms with Gasteiger partial charge in [-0.1, -0.05) is 13.3 Å². The summed E-state index contributed by atoms with van der Waals surface area (Å²) in [6.07, 6.45) is 3.96. The van der Waals surface area contributed by atoms with Crippen molar-refractivity contribution >= 4 is 5.82 Å². The normalized spacial score (nSPS) is 18.8. The van der Waals surface area contributed by atoms with Gasteiger partial charge in [-0.2, -0.15) is 5.10 Å². The Morgan fingerprint density at radius 1 is 1.44 bits per heavy atom. The lowest BCUT2D eigenvalue weighted by molar-refractivity contribution is -0.258. The number of aromatic nitrogens is 2. The standard InChI is InChI=1S/C13H23N3O2/c1-4-5-6-16-12(14)7-11(15-16)10-8-13(9-10,17-2)18-3/h7,10H,4-6,8-9,14H2,1-3H3. The van der Waals surface area contributed by atoms with Gasteiger partial charge in [0.2, 0.25) is 0 Å². The number of hydrogen-bond donors (Lipinski definition) is 1. The molecule has 2 rings (SSSR count). The van der Waals surface area contributed by atoms with Gasteiger partial charge in [-0.05, 0) is 6.42 Å². The van der Waals surface area contributed by atoms with Crippen molar-refractivity contribution in [2.75, 3.05) is 20.0 Å². The van der Waals surface area contributed by atoms with Crippen LogP contribution in [0, 0.1) is 0 Å². The van der Waals surface area contributed by atoms with E-state index in [1.807, 2.05) is 10.7 Å². The van der Waals surface area contributed by atoms with Crippen molar-refractivity contribution in [3.63, 3.8) is 0 Å². The first kappa shape index (κ1) is 13.4. The molecule has 0 unspecified atom stereocenters. The maximum atomic E-state index is 5.97. The summed E-state index contributed by atoms with van der Waals surface area (Å²) in [7, 11) is 3.38. The van der Waals surface area contributed by atoms with Gasteiger partial charge in [-0.15, -0.1) is 0 Å². The molecule has 0 atom stereocenters. The zero-order chi connectivity index (χ0) is 13.2. The number of nitrogen functional groups attached to an aromatic ring is 1. The fraction of sp³-hybridized carbons (Fsp3) is 0.769. The second-order valence-corrected chi connectivity index (χ2v) is 4.99. The Labute approximate surface area is 108 Å². The molecule has 0 aromatic carbocycles. The van der Waals surface area contributed by atoms with Crippen LogP contribution in [0.1, 0.15) is 44.2 Å². The van der Waals surface area contributed by atoms with E-state index >= 15 is 0 Å². The number of methoxy groups -OCH3 is 2. The Hall–Kier alpha value is -1.07. The van der Waals surface area contributed by atoms with Crippen LogP contribution in [0.25, 0.3) is 0 Å². The van der Waals surface area contributed by atoms with Crippen molar-refractivity contribution in [1.82, 2.24) is 9.78 Å². The predicted octanol–water partition coefficient (Wildman–Crippen LogP) is 2.13. The van der Waals surface area contributed by atoms with E-state index in [-0.39, 0.29) is 0 Å². The lowest BCUT2D eigenvalue weighted by Gasteiger charge is -2.44. The average molecular weight is 253 g/mol. The Morgan fingerprint density at radius 2 is 2.11 bits per heavy atom. The van der Waals surface area contributed by atoms with E-state index in [4.69, 9.17) is 15.2 Å². The number of nitrogens with two attached hydrogens (primary N) is 1. The van der Waals surface area contributed by atoms with Crippen molar-refractivity contribution in [3.05, 3.63) is 11.8 Å². The number of hydrogen-bond acceptors (Lipinski definition) is 4. The first-order chi connectivity index (χ1) is 8.64. The molecule has 0 amide bonds. The Kier molecular flexibility index (Phi) is 3.92. The molecule has 1 aliphatic rings. The maximum Gasteiger partial charge on any atom is 0.168 e. The van der Waals surface area contributed by atoms with Gasteiger partial charge >= 0.3 is 0 Å². The maximum absolute atomic E-state index is 5.97. The molecular formula is C13H23N3O2. The van der Waals surface area contributed by atoms with Crippen molar-refractivity contribution in [3.8, 4) is 0 Å². The molecule has 0 radical (unpaired) electrons. The number of unbranched alkanes of at least 4 members (excludes halogenated alkanes) is 1. The predicted molar refractivity (Wildman–Crippen MR) is 70.3 cm³/mol. The van der Waals surface area contributed by atoms with E-state index in [1.54, 1.807) is 14.2 Å². The molecule has 2 N–H and O–H groups in total. The van der Waals surface area contributed by atoms with Crippen LogP contribution in [0.4, 0.5) is 5.82 Å². The molecule has 5 nitrogen and oxygen atoms in total. The van der Waals surface area contributed by atoms with Gasteiger partial charge < -0.3 is 15.2 Å². The Balaban J connectivity index is 1.99. The molecule has 1 fully saturated rings. The van der Waals surface area contributed by atoms with Crippen LogP contribution in [0.15, 0.2) is 6.07 Å². The van der Waals surface area contributed by atoms with Gasteiger partial charge in [0.15, 0.2) is 5.79 Å². The van der Waals surface area contributed by atoms with Crippen molar-refractivity contribution in [1.29, 1.82) is 0 Å². The van der Waals surface area contributed by atoms with Crippen LogP contribution < -0.4 is 5.73 Å². The van der Waals surface area contributed by atoms with Gasteiger partial charge in [0, 0.05) is 45.6 Å². The highest BCUT2D eigenvalue weighted by molar-refractivity contribution is 5.33. The SMILES string of the molecule is CCCCn1nc(C2CC(OC)(OC)C2)cc1N. The summed E-state index contributed by atoms with van der Waals surface area (Å²) in [5.74, 6) is 0.743. The molecule has 0 bridgehead atoms. The molecule has 102 valence electrons. The van der Waals surface area contributed by atoms with E-state index < -0.39 is 5.79 Å². The highest BCUT2D eigenvalue weighted by atomic mass is 16.7. The largest absolute Gasteiger partial charge is 0.384 e. The smallest absolute Gasteiger partial charge is 0.168 e. The number of ether oxygens (including phenoxy) is 2. The van der Waals surface area contributed by atoms with Crippen LogP contribution in [0.2, 0.25) is 0 Å². The fourth-order valence-corrected chi connectivity index (χ4v) is 2.46. The van der Waals surface area contributed by atoms with Gasteiger partial charge in [-0.3, -0.25) is 0 Å². The lowest BCUT2D eigenvalue weighted by Crippen LogP contribution is -2.46. The summed E-state index contributed by atoms with van der Waals surface area (Å²) >= 11 is 0. The van der Waals surface area contributed by atoms with E-state index in [0.717, 1.165) is 43.7 Å². The molecule has 1 saturated carbocycles. The van der Waals surface area contributed by atoms with Crippen LogP contribution in [-0.4, -0.2) is 29.8 Å². The summed E-state index contributed by atoms with van der Waals surface area (Å²) in [4.78, 5) is 0. The van der Waals surface area contributed by atoms with Crippen molar-refractivity contribution in [2.24, 2.45) is 0 Å². The first-order valence-electron chi connectivity index (χ1n) is 6.57. The minimum absolute atomic E-state index is 0.398. The van der Waals surface area contributed by atoms with Gasteiger partial charge in [0.05, 0.1) is 5.69 Å². The Bertz CT molecular complexity index is 391. The zero-order valence-electron chi connectivity index (χ0n) is 11.5. The molecule has 5 heteroatoms. The number of nitrogens with zero attached hydrogens (tertiary/aromatic N) is 2. The molecule has 18 heavy (non-hydrogen) atoms. The molecule has 1 aromatic heterocycles. The Morgan fingerprint density at radius 3 is 2.67 bits per heavy atom. The van der Waals surface area contributed by atoms with E-state index in [2.05, 4.69) is 12.0 Å². The minimum Gasteiger partial charge on any atom is -0.384 e. The van der Waals surface area contributed by atoms with Crippen molar-refractivity contribution < 1.29 is 9.47 Å². The highest BCUT2D eigenvalue weighted by Gasteiger charge is 2.46. The average Bonchev–Trinajstić information content (AvgIpc) is 2.68. The summed E-state index contributed by atoms with van der Waals surface area (Å²) in [5, 5.41) is 4.58. The summed E-state index contributed by atoms with van der Waals surface area (Å²) < 4.78 is 12.7. The third-order valence-electron chi connectivity index (χ3n) is 3.83. The van der Waals surface area contributed by atoms with Crippen molar-refractivity contribution in [2.45, 2.75) is 50.9 Å². The van der Waals surface area contributed by atoms with Crippen LogP contribution >= 0.6 is 0 Å². The van der Waals surface area contributed by atoms with Crippen LogP contribution in [0.5, 0.6) is 0 Å². The number of aryl methyl sites for hydroxylation is 1. The first-order valence-corrected chi connectivity index (χ1v) is 6.57.